The number of nitrogens with zero attached hydrogens (tertiary/aromatic N) is 2. The molecule has 21 heavy (non-hydrogen) atoms. The average molecular weight is 273 g/mol. The highest BCUT2D eigenvalue weighted by atomic mass is 16.5. The molecule has 0 saturated heterocycles. The Morgan fingerprint density at radius 3 is 2.05 bits per heavy atom. The van der Waals surface area contributed by atoms with Crippen LogP contribution in [0.25, 0.3) is 22.4 Å². The van der Waals surface area contributed by atoms with Crippen LogP contribution in [0, 0.1) is 16.7 Å². The van der Waals surface area contributed by atoms with Gasteiger partial charge in [0.15, 0.2) is 0 Å². The van der Waals surface area contributed by atoms with Gasteiger partial charge in [0.2, 0.25) is 0 Å². The van der Waals surface area contributed by atoms with Gasteiger partial charge in [-0.2, -0.15) is 5.26 Å². The van der Waals surface area contributed by atoms with Crippen LogP contribution in [0.2, 0.25) is 0 Å². The van der Waals surface area contributed by atoms with Gasteiger partial charge in [0, 0.05) is 11.1 Å². The fourth-order valence-electron chi connectivity index (χ4n) is 2.20. The van der Waals surface area contributed by atoms with Gasteiger partial charge < -0.3 is 4.52 Å². The average Bonchev–Trinajstić information content (AvgIpc) is 2.56. The van der Waals surface area contributed by atoms with E-state index >= 15 is 0 Å². The van der Waals surface area contributed by atoms with Gasteiger partial charge >= 0.3 is 0 Å². The van der Waals surface area contributed by atoms with Crippen molar-refractivity contribution in [2.24, 2.45) is 0 Å². The minimum absolute atomic E-state index is 0.190. The van der Waals surface area contributed by atoms with Crippen molar-refractivity contribution in [2.45, 2.75) is 0 Å². The number of hydrogen-bond acceptors (Lipinski definition) is 4. The predicted molar refractivity (Wildman–Crippen MR) is 77.9 cm³/mol. The molecule has 0 fully saturated rings. The molecule has 4 nitrogen and oxygen atoms in total. The second kappa shape index (κ2) is 5.43. The summed E-state index contributed by atoms with van der Waals surface area (Å²) in [6, 6.07) is 21.0. The predicted octanol–water partition coefficient (Wildman–Crippen LogP) is 3.36. The summed E-state index contributed by atoms with van der Waals surface area (Å²) < 4.78 is 4.99. The summed E-state index contributed by atoms with van der Waals surface area (Å²) in [7, 11) is 0. The third kappa shape index (κ3) is 2.33. The first-order chi connectivity index (χ1) is 10.3. The Bertz CT molecular complexity index is 862. The van der Waals surface area contributed by atoms with Crippen LogP contribution in [0.1, 0.15) is 5.56 Å². The van der Waals surface area contributed by atoms with Crippen LogP contribution in [0.3, 0.4) is 0 Å². The van der Waals surface area contributed by atoms with Crippen molar-refractivity contribution < 1.29 is 4.52 Å². The zero-order valence-corrected chi connectivity index (χ0v) is 11.1. The number of nitrogens with one attached hydrogen (secondary N) is 1. The molecule has 3 aromatic rings. The molecular weight excluding hydrogens is 262 g/mol. The number of benzene rings is 2. The maximum Gasteiger partial charge on any atom is 0.260 e. The van der Waals surface area contributed by atoms with Crippen molar-refractivity contribution in [1.29, 1.82) is 10.7 Å². The highest BCUT2D eigenvalue weighted by Gasteiger charge is 2.17. The van der Waals surface area contributed by atoms with Gasteiger partial charge in [0.1, 0.15) is 17.3 Å². The second-order valence-electron chi connectivity index (χ2n) is 4.45. The highest BCUT2D eigenvalue weighted by Crippen LogP contribution is 2.31. The molecule has 0 atom stereocenters. The van der Waals surface area contributed by atoms with E-state index in [1.807, 2.05) is 60.7 Å². The number of nitriles is 1. The van der Waals surface area contributed by atoms with Gasteiger partial charge in [0.25, 0.3) is 5.55 Å². The third-order valence-electron chi connectivity index (χ3n) is 3.16. The van der Waals surface area contributed by atoms with E-state index in [9.17, 15) is 5.26 Å². The Morgan fingerprint density at radius 1 is 0.905 bits per heavy atom. The molecule has 100 valence electrons. The number of aromatic nitrogens is 1. The van der Waals surface area contributed by atoms with Crippen molar-refractivity contribution in [3.05, 3.63) is 71.8 Å². The largest absolute Gasteiger partial charge is 0.335 e. The van der Waals surface area contributed by atoms with E-state index in [4.69, 9.17) is 9.93 Å². The molecule has 0 bridgehead atoms. The molecule has 1 heterocycles. The van der Waals surface area contributed by atoms with Crippen LogP contribution in [0.15, 0.2) is 65.2 Å². The Balaban J connectivity index is 2.37. The van der Waals surface area contributed by atoms with Gasteiger partial charge in [0.05, 0.1) is 0 Å². The van der Waals surface area contributed by atoms with Crippen molar-refractivity contribution in [2.75, 3.05) is 0 Å². The maximum absolute atomic E-state index is 9.37. The maximum atomic E-state index is 9.37. The van der Waals surface area contributed by atoms with Crippen molar-refractivity contribution >= 4 is 0 Å². The summed E-state index contributed by atoms with van der Waals surface area (Å²) >= 11 is 0. The summed E-state index contributed by atoms with van der Waals surface area (Å²) in [5.41, 5.74) is 2.84. The Kier molecular flexibility index (Phi) is 3.32. The zero-order valence-electron chi connectivity index (χ0n) is 11.1. The van der Waals surface area contributed by atoms with Crippen LogP contribution < -0.4 is 5.55 Å². The standard InChI is InChI=1S/C17H11N3O/c18-11-14-15(12-7-3-1-4-8-12)16(20-21-17(14)19)13-9-5-2-6-10-13/h1-10,19H. The fraction of sp³-hybridized carbons (Fsp3) is 0. The first-order valence-corrected chi connectivity index (χ1v) is 6.41. The van der Waals surface area contributed by atoms with Gasteiger partial charge in [-0.25, -0.2) is 0 Å². The molecule has 0 radical (unpaired) electrons. The molecule has 0 amide bonds. The van der Waals surface area contributed by atoms with Crippen LogP contribution in [0.4, 0.5) is 0 Å². The summed E-state index contributed by atoms with van der Waals surface area (Å²) in [6.07, 6.45) is 0. The van der Waals surface area contributed by atoms with E-state index in [0.717, 1.165) is 11.1 Å². The number of rotatable bonds is 2. The van der Waals surface area contributed by atoms with Crippen LogP contribution in [0.5, 0.6) is 0 Å². The summed E-state index contributed by atoms with van der Waals surface area (Å²) in [5, 5.41) is 21.2. The van der Waals surface area contributed by atoms with E-state index in [0.29, 0.717) is 11.3 Å². The first kappa shape index (κ1) is 12.8. The fourth-order valence-corrected chi connectivity index (χ4v) is 2.20. The Labute approximate surface area is 121 Å². The molecule has 0 spiro atoms. The number of hydrogen-bond donors (Lipinski definition) is 1. The lowest BCUT2D eigenvalue weighted by molar-refractivity contribution is 0.356. The topological polar surface area (TPSA) is 73.7 Å². The molecule has 1 aromatic heterocycles. The Morgan fingerprint density at radius 2 is 1.48 bits per heavy atom. The van der Waals surface area contributed by atoms with E-state index < -0.39 is 0 Å². The van der Waals surface area contributed by atoms with E-state index in [1.165, 1.54) is 0 Å². The second-order valence-corrected chi connectivity index (χ2v) is 4.45. The summed E-state index contributed by atoms with van der Waals surface area (Å²) in [6.45, 7) is 0. The molecular formula is C17H11N3O. The monoisotopic (exact) mass is 273 g/mol. The molecule has 0 aliphatic heterocycles. The molecule has 1 N–H and O–H groups in total. The molecule has 0 aliphatic rings. The minimum atomic E-state index is -0.226. The molecule has 2 aromatic carbocycles. The van der Waals surface area contributed by atoms with Gasteiger partial charge in [-0.05, 0) is 5.56 Å². The quantitative estimate of drug-likeness (QED) is 0.778. The molecule has 0 aliphatic carbocycles. The van der Waals surface area contributed by atoms with Crippen LogP contribution in [-0.4, -0.2) is 5.16 Å². The SMILES string of the molecule is N#Cc1c(-c2ccccc2)c(-c2ccccc2)noc1=N. The van der Waals surface area contributed by atoms with Crippen molar-refractivity contribution in [3.8, 4) is 28.5 Å². The van der Waals surface area contributed by atoms with Crippen LogP contribution >= 0.6 is 0 Å². The van der Waals surface area contributed by atoms with Crippen LogP contribution in [-0.2, 0) is 0 Å². The normalized spacial score (nSPS) is 10.0. The summed E-state index contributed by atoms with van der Waals surface area (Å²) in [5.74, 6) is 0. The smallest absolute Gasteiger partial charge is 0.260 e. The van der Waals surface area contributed by atoms with E-state index in [1.54, 1.807) is 0 Å². The lowest BCUT2D eigenvalue weighted by Gasteiger charge is -2.09. The minimum Gasteiger partial charge on any atom is -0.335 e. The third-order valence-corrected chi connectivity index (χ3v) is 3.16. The van der Waals surface area contributed by atoms with Gasteiger partial charge in [-0.15, -0.1) is 0 Å². The van der Waals surface area contributed by atoms with Gasteiger partial charge in [-0.3, -0.25) is 5.41 Å². The summed E-state index contributed by atoms with van der Waals surface area (Å²) in [4.78, 5) is 0. The lowest BCUT2D eigenvalue weighted by Crippen LogP contribution is -2.09. The highest BCUT2D eigenvalue weighted by molar-refractivity contribution is 5.83. The van der Waals surface area contributed by atoms with E-state index in [-0.39, 0.29) is 11.1 Å². The van der Waals surface area contributed by atoms with Crippen molar-refractivity contribution in [3.63, 3.8) is 0 Å². The lowest BCUT2D eigenvalue weighted by atomic mass is 9.96. The van der Waals surface area contributed by atoms with E-state index in [2.05, 4.69) is 11.2 Å². The Hall–Kier alpha value is -3.19. The van der Waals surface area contributed by atoms with Gasteiger partial charge in [-0.1, -0.05) is 65.8 Å². The first-order valence-electron chi connectivity index (χ1n) is 6.41. The molecule has 3 rings (SSSR count). The van der Waals surface area contributed by atoms with Crippen molar-refractivity contribution in [1.82, 2.24) is 5.16 Å². The molecule has 0 unspecified atom stereocenters. The zero-order chi connectivity index (χ0) is 14.7. The molecule has 0 saturated carbocycles. The molecule has 4 heteroatoms.